The molecule has 1 aliphatic carbocycles. The molecule has 0 spiro atoms. The van der Waals surface area contributed by atoms with Crippen LogP contribution in [0.5, 0.6) is 0 Å². The van der Waals surface area contributed by atoms with E-state index in [9.17, 15) is 4.79 Å². The Hall–Kier alpha value is -0.740. The second kappa shape index (κ2) is 8.04. The molecule has 0 saturated heterocycles. The first kappa shape index (κ1) is 16.6. The van der Waals surface area contributed by atoms with Crippen LogP contribution in [-0.2, 0) is 6.42 Å². The standard InChI is InChI=1S/C16H23ClN2OS/c1-3-6-12-9-11(10-15(17)18-12)16(20)19-13-7-5-8-14(13)21-4-2/h9-10,13-14H,3-8H2,1-2H3,(H,19,20). The fourth-order valence-electron chi connectivity index (χ4n) is 2.82. The maximum Gasteiger partial charge on any atom is 0.251 e. The second-order valence-corrected chi connectivity index (χ2v) is 7.33. The molecule has 2 unspecified atom stereocenters. The number of halogens is 1. The Bertz CT molecular complexity index is 495. The number of pyridine rings is 1. The summed E-state index contributed by atoms with van der Waals surface area (Å²) in [6, 6.07) is 3.80. The Kier molecular flexibility index (Phi) is 6.37. The summed E-state index contributed by atoms with van der Waals surface area (Å²) in [7, 11) is 0. The van der Waals surface area contributed by atoms with Crippen LogP contribution in [0.25, 0.3) is 0 Å². The summed E-state index contributed by atoms with van der Waals surface area (Å²) in [5, 5.41) is 4.13. The van der Waals surface area contributed by atoms with Crippen molar-refractivity contribution < 1.29 is 4.79 Å². The quantitative estimate of drug-likeness (QED) is 0.800. The van der Waals surface area contributed by atoms with Crippen LogP contribution in [0.1, 0.15) is 55.6 Å². The molecule has 116 valence electrons. The van der Waals surface area contributed by atoms with E-state index in [4.69, 9.17) is 11.6 Å². The van der Waals surface area contributed by atoms with E-state index in [1.807, 2.05) is 17.8 Å². The zero-order chi connectivity index (χ0) is 15.2. The van der Waals surface area contributed by atoms with E-state index in [0.29, 0.717) is 16.0 Å². The van der Waals surface area contributed by atoms with Crippen molar-refractivity contribution in [3.05, 3.63) is 28.5 Å². The minimum absolute atomic E-state index is 0.0229. The van der Waals surface area contributed by atoms with Crippen molar-refractivity contribution in [2.75, 3.05) is 5.75 Å². The average Bonchev–Trinajstić information content (AvgIpc) is 2.86. The fourth-order valence-corrected chi connectivity index (χ4v) is 4.25. The first-order chi connectivity index (χ1) is 10.1. The summed E-state index contributed by atoms with van der Waals surface area (Å²) >= 11 is 7.98. The molecule has 1 amide bonds. The molecule has 1 aliphatic rings. The van der Waals surface area contributed by atoms with Crippen molar-refractivity contribution in [1.82, 2.24) is 10.3 Å². The third-order valence-corrected chi connectivity index (χ3v) is 5.28. The number of hydrogen-bond donors (Lipinski definition) is 1. The summed E-state index contributed by atoms with van der Waals surface area (Å²) in [4.78, 5) is 16.7. The van der Waals surface area contributed by atoms with Gasteiger partial charge in [0.15, 0.2) is 0 Å². The van der Waals surface area contributed by atoms with Crippen LogP contribution < -0.4 is 5.32 Å². The minimum atomic E-state index is -0.0229. The van der Waals surface area contributed by atoms with Crippen molar-refractivity contribution in [3.63, 3.8) is 0 Å². The lowest BCUT2D eigenvalue weighted by Crippen LogP contribution is -2.38. The lowest BCUT2D eigenvalue weighted by molar-refractivity contribution is 0.0938. The van der Waals surface area contributed by atoms with Gasteiger partial charge in [0.25, 0.3) is 5.91 Å². The highest BCUT2D eigenvalue weighted by Crippen LogP contribution is 2.30. The van der Waals surface area contributed by atoms with Crippen LogP contribution in [-0.4, -0.2) is 27.9 Å². The molecule has 1 N–H and O–H groups in total. The summed E-state index contributed by atoms with van der Waals surface area (Å²) in [6.45, 7) is 4.26. The van der Waals surface area contributed by atoms with E-state index in [-0.39, 0.29) is 11.9 Å². The number of amides is 1. The molecule has 1 heterocycles. The molecule has 1 fully saturated rings. The highest BCUT2D eigenvalue weighted by atomic mass is 35.5. The molecule has 1 saturated carbocycles. The van der Waals surface area contributed by atoms with E-state index < -0.39 is 0 Å². The van der Waals surface area contributed by atoms with Crippen LogP contribution in [0.2, 0.25) is 5.15 Å². The largest absolute Gasteiger partial charge is 0.348 e. The van der Waals surface area contributed by atoms with Crippen molar-refractivity contribution in [2.24, 2.45) is 0 Å². The number of nitrogens with one attached hydrogen (secondary N) is 1. The zero-order valence-electron chi connectivity index (χ0n) is 12.7. The Morgan fingerprint density at radius 2 is 2.24 bits per heavy atom. The number of aromatic nitrogens is 1. The molecule has 2 rings (SSSR count). The fraction of sp³-hybridized carbons (Fsp3) is 0.625. The molecular weight excluding hydrogens is 304 g/mol. The Labute approximate surface area is 136 Å². The van der Waals surface area contributed by atoms with E-state index >= 15 is 0 Å². The Morgan fingerprint density at radius 1 is 1.43 bits per heavy atom. The number of nitrogens with zero attached hydrogens (tertiary/aromatic N) is 1. The molecule has 3 nitrogen and oxygen atoms in total. The lowest BCUT2D eigenvalue weighted by Gasteiger charge is -2.20. The Balaban J connectivity index is 2.05. The number of hydrogen-bond acceptors (Lipinski definition) is 3. The first-order valence-electron chi connectivity index (χ1n) is 7.73. The predicted octanol–water partition coefficient (Wildman–Crippen LogP) is 4.09. The van der Waals surface area contributed by atoms with Crippen molar-refractivity contribution in [1.29, 1.82) is 0 Å². The maximum atomic E-state index is 12.5. The lowest BCUT2D eigenvalue weighted by atomic mass is 10.1. The van der Waals surface area contributed by atoms with Gasteiger partial charge in [-0.1, -0.05) is 38.3 Å². The minimum Gasteiger partial charge on any atom is -0.348 e. The van der Waals surface area contributed by atoms with Gasteiger partial charge in [-0.3, -0.25) is 4.79 Å². The van der Waals surface area contributed by atoms with Crippen LogP contribution in [0.4, 0.5) is 0 Å². The van der Waals surface area contributed by atoms with E-state index in [1.54, 1.807) is 6.07 Å². The molecule has 21 heavy (non-hydrogen) atoms. The van der Waals surface area contributed by atoms with Crippen LogP contribution >= 0.6 is 23.4 Å². The molecule has 5 heteroatoms. The second-order valence-electron chi connectivity index (χ2n) is 5.42. The van der Waals surface area contributed by atoms with Gasteiger partial charge >= 0.3 is 0 Å². The molecule has 0 aliphatic heterocycles. The van der Waals surface area contributed by atoms with Gasteiger partial charge in [0, 0.05) is 22.5 Å². The topological polar surface area (TPSA) is 42.0 Å². The van der Waals surface area contributed by atoms with Crippen molar-refractivity contribution in [2.45, 2.75) is 57.2 Å². The van der Waals surface area contributed by atoms with Gasteiger partial charge in [-0.15, -0.1) is 0 Å². The predicted molar refractivity (Wildman–Crippen MR) is 90.3 cm³/mol. The number of thioether (sulfide) groups is 1. The van der Waals surface area contributed by atoms with Crippen molar-refractivity contribution >= 4 is 29.3 Å². The van der Waals surface area contributed by atoms with Gasteiger partial charge in [0.2, 0.25) is 0 Å². The summed E-state index contributed by atoms with van der Waals surface area (Å²) in [6.07, 6.45) is 5.30. The van der Waals surface area contributed by atoms with Gasteiger partial charge < -0.3 is 5.32 Å². The summed E-state index contributed by atoms with van der Waals surface area (Å²) < 4.78 is 0. The first-order valence-corrected chi connectivity index (χ1v) is 9.15. The highest BCUT2D eigenvalue weighted by molar-refractivity contribution is 7.99. The number of aryl methyl sites for hydroxylation is 1. The van der Waals surface area contributed by atoms with Gasteiger partial charge in [0.1, 0.15) is 5.15 Å². The summed E-state index contributed by atoms with van der Waals surface area (Å²) in [5.41, 5.74) is 1.52. The number of carbonyl (C=O) groups excluding carboxylic acids is 1. The number of carbonyl (C=O) groups is 1. The van der Waals surface area contributed by atoms with E-state index in [2.05, 4.69) is 24.1 Å². The van der Waals surface area contributed by atoms with Crippen LogP contribution in [0.3, 0.4) is 0 Å². The highest BCUT2D eigenvalue weighted by Gasteiger charge is 2.28. The van der Waals surface area contributed by atoms with Crippen LogP contribution in [0, 0.1) is 0 Å². The monoisotopic (exact) mass is 326 g/mol. The molecule has 0 aromatic carbocycles. The third-order valence-electron chi connectivity index (χ3n) is 3.77. The zero-order valence-corrected chi connectivity index (χ0v) is 14.3. The SMILES string of the molecule is CCCc1cc(C(=O)NC2CCCC2SCC)cc(Cl)n1. The molecule has 1 aromatic rings. The molecule has 0 radical (unpaired) electrons. The smallest absolute Gasteiger partial charge is 0.251 e. The van der Waals surface area contributed by atoms with Crippen molar-refractivity contribution in [3.8, 4) is 0 Å². The van der Waals surface area contributed by atoms with E-state index in [0.717, 1.165) is 30.7 Å². The maximum absolute atomic E-state index is 12.5. The van der Waals surface area contributed by atoms with Gasteiger partial charge in [0.05, 0.1) is 0 Å². The van der Waals surface area contributed by atoms with Gasteiger partial charge in [-0.05, 0) is 37.1 Å². The van der Waals surface area contributed by atoms with Gasteiger partial charge in [-0.25, -0.2) is 4.98 Å². The molecular formula is C16H23ClN2OS. The van der Waals surface area contributed by atoms with Gasteiger partial charge in [-0.2, -0.15) is 11.8 Å². The van der Waals surface area contributed by atoms with Crippen LogP contribution in [0.15, 0.2) is 12.1 Å². The number of rotatable bonds is 6. The van der Waals surface area contributed by atoms with E-state index in [1.165, 1.54) is 12.8 Å². The third kappa shape index (κ3) is 4.62. The molecule has 0 bridgehead atoms. The molecule has 1 aromatic heterocycles. The summed E-state index contributed by atoms with van der Waals surface area (Å²) in [5.74, 6) is 1.07. The Morgan fingerprint density at radius 3 is 2.95 bits per heavy atom. The normalized spacial score (nSPS) is 21.5. The molecule has 2 atom stereocenters. The average molecular weight is 327 g/mol.